The summed E-state index contributed by atoms with van der Waals surface area (Å²) in [5.74, 6) is -3.52. The highest BCUT2D eigenvalue weighted by molar-refractivity contribution is 9.09. The van der Waals surface area contributed by atoms with Crippen molar-refractivity contribution in [3.8, 4) is 45.5 Å². The number of amides is 14. The van der Waals surface area contributed by atoms with Gasteiger partial charge in [0.15, 0.2) is 11.3 Å². The minimum Gasteiger partial charge on any atom is -0.457 e. The largest absolute Gasteiger partial charge is 0.457 e. The fourth-order valence-corrected chi connectivity index (χ4v) is 19.5. The zero-order chi connectivity index (χ0) is 104. The van der Waals surface area contributed by atoms with E-state index in [1.165, 1.54) is 49.8 Å². The van der Waals surface area contributed by atoms with Gasteiger partial charge in [-0.2, -0.15) is 10.2 Å². The molecule has 6 fully saturated rings. The Kier molecular flexibility index (Phi) is 36.8. The molecule has 0 aliphatic carbocycles. The summed E-state index contributed by atoms with van der Waals surface area (Å²) in [6, 6.07) is 46.2. The number of nitrogens with two attached hydrogens (primary N) is 3. The van der Waals surface area contributed by atoms with E-state index in [0.717, 1.165) is 205 Å². The number of likely N-dealkylation sites (tertiary alicyclic amines) is 1. The molecule has 20 rings (SSSR count). The van der Waals surface area contributed by atoms with Gasteiger partial charge in [0.05, 0.1) is 67.6 Å². The summed E-state index contributed by atoms with van der Waals surface area (Å²) in [6.07, 6.45) is 19.3. The van der Waals surface area contributed by atoms with E-state index in [9.17, 15) is 71.9 Å². The van der Waals surface area contributed by atoms with E-state index >= 15 is 0 Å². The number of anilines is 5. The van der Waals surface area contributed by atoms with Crippen molar-refractivity contribution in [2.45, 2.75) is 184 Å². The van der Waals surface area contributed by atoms with Gasteiger partial charge in [-0.25, -0.2) is 29.3 Å². The van der Waals surface area contributed by atoms with Crippen molar-refractivity contribution in [3.05, 3.63) is 210 Å². The summed E-state index contributed by atoms with van der Waals surface area (Å²) in [5, 5.41) is 28.6. The number of carbonyl (C=O) groups is 15. The third-order valence-corrected chi connectivity index (χ3v) is 27.2. The van der Waals surface area contributed by atoms with Crippen LogP contribution in [-0.2, 0) is 47.9 Å². The molecule has 5 atom stereocenters. The Morgan fingerprint density at radius 1 is 0.429 bits per heavy atom. The summed E-state index contributed by atoms with van der Waals surface area (Å²) in [4.78, 5) is 205. The number of unbranched alkanes of at least 4 members (excludes halogenated alkanes) is 6. The van der Waals surface area contributed by atoms with E-state index in [1.807, 2.05) is 119 Å². The number of nitrogens with zero attached hydrogens (tertiary/aromatic N) is 12. The maximum absolute atomic E-state index is 13.4. The smallest absolute Gasteiger partial charge is 0.264 e. The van der Waals surface area contributed by atoms with Crippen molar-refractivity contribution in [1.29, 1.82) is 0 Å². The quantitative estimate of drug-likeness (QED) is 0.00691. The summed E-state index contributed by atoms with van der Waals surface area (Å²) < 4.78 is 20.8. The number of ether oxygens (including phenoxy) is 3. The van der Waals surface area contributed by atoms with E-state index in [0.29, 0.717) is 42.3 Å². The first-order valence-electron chi connectivity index (χ1n) is 49.1. The van der Waals surface area contributed by atoms with E-state index in [4.69, 9.17) is 53.2 Å². The molecule has 3 unspecified atom stereocenters. The molecule has 7 aromatic carbocycles. The summed E-state index contributed by atoms with van der Waals surface area (Å²) in [6.45, 7) is 6.55. The van der Waals surface area contributed by atoms with Crippen LogP contribution in [0.15, 0.2) is 176 Å². The second kappa shape index (κ2) is 50.8. The molecule has 0 spiro atoms. The zero-order valence-corrected chi connectivity index (χ0v) is 84.5. The topological polar surface area (TPSA) is 534 Å². The maximum atomic E-state index is 13.4. The lowest BCUT2D eigenvalue weighted by atomic mass is 10.0. The van der Waals surface area contributed by atoms with Crippen LogP contribution < -0.4 is 58.6 Å². The van der Waals surface area contributed by atoms with E-state index in [2.05, 4.69) is 88.6 Å². The zero-order valence-electron chi connectivity index (χ0n) is 80.5. The molecule has 11 aromatic rings. The van der Waals surface area contributed by atoms with Crippen molar-refractivity contribution < 1.29 is 86.1 Å². The second-order valence-electron chi connectivity index (χ2n) is 36.1. The normalized spacial score (nSPS) is 18.4. The lowest BCUT2D eigenvalue weighted by Gasteiger charge is -2.33. The minimum atomic E-state index is -1.08. The van der Waals surface area contributed by atoms with Crippen LogP contribution in [0.25, 0.3) is 44.6 Å². The standard InChI is InChI=1S/C41H41N9O6.C22H22N6O.C19H20BrN3O5.C13H11N3O4.C6H10BrClO.C4H8O/c42-37-35-36(25-15-17-28(18-16-25)56-27-10-3-1-4-11-27)47-50(38(35)44-24-43-37)26-9-8-22-48(23-26)21-6-2-5-14-32(51)45-30-13-7-12-29-34(30)41(55)49(40(29)54)31-19-20-33(52)46-39(31)53;23-21-19-20(15-8-10-18(11-9-15)29-17-6-2-1-3-7-17)27-28(22(19)26-14-25-21)16-5-4-12-24-13-16;20-10-3-1-2-7-14(24)21-12-6-4-5-11-16(12)19(28)23(18(11)27)13-8-9-15(25)22-17(13)26;14-7-3-1-2-6-10(7)13(20)16(12(6)19)8-4-5-9(17)15-11(8)18;7-5-3-1-2-4-6(8)9;1-2-4-5-3-1/h1,3-4,7,10-13,15-18,24,26,31H,2,5-6,8-9,14,19-23H2,(H,45,51)(H2,42,43,44)(H,46,52,53);1-3,6-11,14,16,24H,4-5,12-13H2,(H2,23,25,26);4-6,13H,1-3,7-10H2,(H,21,24)(H,22,25,26);1-3,8H,4-5,14H2,(H,15,17,18);1-5H2;1-4H2/t26-,31?;16-;;;;/m00..../s1. The molecule has 14 amide bonds. The van der Waals surface area contributed by atoms with Gasteiger partial charge in [0.25, 0.3) is 35.4 Å². The number of rotatable bonds is 29. The van der Waals surface area contributed by atoms with Gasteiger partial charge >= 0.3 is 0 Å². The molecule has 0 bridgehead atoms. The second-order valence-corrected chi connectivity index (χ2v) is 38.1. The van der Waals surface area contributed by atoms with Crippen molar-refractivity contribution in [2.75, 3.05) is 84.4 Å². The molecule has 766 valence electrons. The fraction of sp³-hybridized carbons (Fsp3) is 0.362. The fourth-order valence-electron chi connectivity index (χ4n) is 18.6. The Hall–Kier alpha value is -14.8. The van der Waals surface area contributed by atoms with Crippen LogP contribution in [0.2, 0.25) is 0 Å². The third kappa shape index (κ3) is 26.2. The molecule has 147 heavy (non-hydrogen) atoms. The monoisotopic (exact) mass is 2150 g/mol. The lowest BCUT2D eigenvalue weighted by molar-refractivity contribution is -0.137. The van der Waals surface area contributed by atoms with Gasteiger partial charge in [0, 0.05) is 92.3 Å². The Bertz CT molecular complexity index is 6740. The highest BCUT2D eigenvalue weighted by Gasteiger charge is 2.49. The first-order valence-corrected chi connectivity index (χ1v) is 51.7. The van der Waals surface area contributed by atoms with Gasteiger partial charge in [-0.05, 0) is 237 Å². The molecule has 9 aliphatic rings. The predicted octanol–water partition coefficient (Wildman–Crippen LogP) is 14.1. The molecule has 12 N–H and O–H groups in total. The highest BCUT2D eigenvalue weighted by atomic mass is 79.9. The number of halogens is 3. The Morgan fingerprint density at radius 2 is 0.837 bits per heavy atom. The number of para-hydroxylation sites is 2. The lowest BCUT2D eigenvalue weighted by Crippen LogP contribution is -2.54. The number of benzene rings is 7. The number of aromatic nitrogens is 8. The average molecular weight is 2150 g/mol. The Labute approximate surface area is 867 Å². The van der Waals surface area contributed by atoms with Gasteiger partial charge in [-0.15, -0.1) is 0 Å². The number of imide groups is 6. The molecular weight excluding hydrogens is 2040 g/mol. The van der Waals surface area contributed by atoms with Gasteiger partial charge < -0.3 is 52.3 Å². The molecule has 13 heterocycles. The number of alkyl halides is 2. The van der Waals surface area contributed by atoms with Crippen molar-refractivity contribution in [2.24, 2.45) is 0 Å². The molecule has 6 saturated heterocycles. The van der Waals surface area contributed by atoms with Crippen molar-refractivity contribution in [3.63, 3.8) is 0 Å². The van der Waals surface area contributed by atoms with Gasteiger partial charge in [-0.1, -0.05) is 106 Å². The molecule has 0 saturated carbocycles. The van der Waals surface area contributed by atoms with Gasteiger partial charge in [-0.3, -0.25) is 103 Å². The van der Waals surface area contributed by atoms with E-state index in [1.54, 1.807) is 30.3 Å². The SMILES string of the molecule is C1CCOC1.Nc1cccc2c1C(=O)N(C1CCC(=O)NC1=O)C2=O.Nc1ncnc2c1c(-c1ccc(Oc3ccccc3)cc1)nn2[C@H]1CCCN(CCCCCC(=O)Nc2cccc3c2C(=O)N(C2CCC(=O)NC2=O)C3=O)C1.Nc1ncnc2c1c(-c1ccc(Oc3ccccc3)cc1)nn2[C@H]1CCCNC1.O=C(Cl)CCCCCBr.O=C1CCC(N2C(=O)c3cccc(NC(=O)CCCCCBr)c3C2=O)C(=O)N1. The summed E-state index contributed by atoms with van der Waals surface area (Å²) in [7, 11) is 0. The van der Waals surface area contributed by atoms with Crippen LogP contribution in [-0.4, -0.2) is 222 Å². The highest BCUT2D eigenvalue weighted by Crippen LogP contribution is 2.41. The predicted molar refractivity (Wildman–Crippen MR) is 554 cm³/mol. The molecular formula is C105H112Br2ClN21O18. The van der Waals surface area contributed by atoms with Gasteiger partial charge in [0.2, 0.25) is 52.5 Å². The first-order chi connectivity index (χ1) is 71.2. The minimum absolute atomic E-state index is 0.0294. The van der Waals surface area contributed by atoms with Crippen LogP contribution in [0.1, 0.15) is 228 Å². The van der Waals surface area contributed by atoms with Crippen LogP contribution in [0.5, 0.6) is 23.0 Å². The molecule has 39 nitrogen and oxygen atoms in total. The van der Waals surface area contributed by atoms with Crippen LogP contribution in [0, 0.1) is 0 Å². The number of fused-ring (bicyclic) bond motifs is 5. The number of hydrogen-bond acceptors (Lipinski definition) is 29. The number of hydrogen-bond donors (Lipinski definition) is 9. The summed E-state index contributed by atoms with van der Waals surface area (Å²) >= 11 is 11.7. The van der Waals surface area contributed by atoms with Crippen molar-refractivity contribution >= 4 is 182 Å². The maximum Gasteiger partial charge on any atom is 0.264 e. The number of nitrogen functional groups attached to an aromatic ring is 3. The Balaban J connectivity index is 0.000000150. The third-order valence-electron chi connectivity index (χ3n) is 25.9. The van der Waals surface area contributed by atoms with E-state index in [-0.39, 0.29) is 125 Å². The van der Waals surface area contributed by atoms with Crippen molar-refractivity contribution in [1.82, 2.24) is 80.4 Å². The average Bonchev–Trinajstić information content (AvgIpc) is 1.62. The number of nitrogens with one attached hydrogen (secondary N) is 6. The Morgan fingerprint density at radius 3 is 1.24 bits per heavy atom. The number of piperidine rings is 5. The van der Waals surface area contributed by atoms with Crippen LogP contribution in [0.4, 0.5) is 28.7 Å². The van der Waals surface area contributed by atoms with Crippen LogP contribution in [0.3, 0.4) is 0 Å². The molecule has 9 aliphatic heterocycles. The summed E-state index contributed by atoms with van der Waals surface area (Å²) in [5.41, 5.74) is 24.6. The molecule has 4 aromatic heterocycles. The molecule has 0 radical (unpaired) electrons. The number of carbonyl (C=O) groups excluding carboxylic acids is 15. The molecule has 42 heteroatoms. The first kappa shape index (κ1) is 106. The van der Waals surface area contributed by atoms with Gasteiger partial charge in [0.1, 0.15) is 76.8 Å². The van der Waals surface area contributed by atoms with Crippen LogP contribution >= 0.6 is 43.5 Å². The van der Waals surface area contributed by atoms with E-state index < -0.39 is 89.0 Å².